The molecule has 8 heteroatoms. The molecule has 1 fully saturated rings. The number of carbonyl (C=O) groups is 3. The van der Waals surface area contributed by atoms with Crippen molar-refractivity contribution in [3.05, 3.63) is 71.2 Å². The standard InChI is InChI=1S/C24H24N2O5S/c1-4-12-31-19-11-8-17(13-20(19)30-5-2)14-21-23(28)26(24(29)32-21)15-22(27)25-18-9-6-16(3)7-10-18/h4,6-11,13-14H,1,5,12,15H2,2-3H3,(H,25,27)/b21-14+. The van der Waals surface area contributed by atoms with Crippen molar-refractivity contribution >= 4 is 40.6 Å². The Balaban J connectivity index is 1.71. The Bertz CT molecular complexity index is 1060. The lowest BCUT2D eigenvalue weighted by molar-refractivity contribution is -0.127. The molecular weight excluding hydrogens is 428 g/mol. The van der Waals surface area contributed by atoms with Gasteiger partial charge in [-0.25, -0.2) is 0 Å². The van der Waals surface area contributed by atoms with Crippen LogP contribution in [0.4, 0.5) is 10.5 Å². The lowest BCUT2D eigenvalue weighted by Crippen LogP contribution is -2.36. The Labute approximate surface area is 191 Å². The molecule has 0 atom stereocenters. The number of aryl methyl sites for hydroxylation is 1. The number of hydrogen-bond donors (Lipinski definition) is 1. The van der Waals surface area contributed by atoms with Crippen LogP contribution in [0.3, 0.4) is 0 Å². The molecule has 32 heavy (non-hydrogen) atoms. The summed E-state index contributed by atoms with van der Waals surface area (Å²) in [6, 6.07) is 12.5. The van der Waals surface area contributed by atoms with Gasteiger partial charge in [0.15, 0.2) is 11.5 Å². The van der Waals surface area contributed by atoms with Crippen LogP contribution in [0.2, 0.25) is 0 Å². The van der Waals surface area contributed by atoms with Gasteiger partial charge in [0.05, 0.1) is 11.5 Å². The van der Waals surface area contributed by atoms with Gasteiger partial charge in [-0.05, 0) is 61.5 Å². The fraction of sp³-hybridized carbons (Fsp3) is 0.208. The van der Waals surface area contributed by atoms with E-state index in [-0.39, 0.29) is 11.4 Å². The number of ether oxygens (including phenoxy) is 2. The van der Waals surface area contributed by atoms with E-state index < -0.39 is 17.1 Å². The number of thioether (sulfide) groups is 1. The Hall–Kier alpha value is -3.52. The molecule has 0 aliphatic carbocycles. The molecule has 3 amide bonds. The molecule has 0 aromatic heterocycles. The van der Waals surface area contributed by atoms with Crippen LogP contribution in [0.25, 0.3) is 6.08 Å². The largest absolute Gasteiger partial charge is 0.490 e. The first kappa shape index (κ1) is 23.1. The fourth-order valence-corrected chi connectivity index (χ4v) is 3.76. The van der Waals surface area contributed by atoms with Crippen LogP contribution in [0.1, 0.15) is 18.1 Å². The van der Waals surface area contributed by atoms with Crippen LogP contribution < -0.4 is 14.8 Å². The van der Waals surface area contributed by atoms with E-state index in [4.69, 9.17) is 9.47 Å². The quantitative estimate of drug-likeness (QED) is 0.441. The highest BCUT2D eigenvalue weighted by molar-refractivity contribution is 8.18. The average molecular weight is 453 g/mol. The minimum absolute atomic E-state index is 0.236. The molecule has 7 nitrogen and oxygen atoms in total. The minimum atomic E-state index is -0.510. The van der Waals surface area contributed by atoms with Crippen molar-refractivity contribution in [3.8, 4) is 11.5 Å². The molecule has 3 rings (SSSR count). The molecule has 0 spiro atoms. The van der Waals surface area contributed by atoms with Crippen LogP contribution in [-0.2, 0) is 9.59 Å². The third-order valence-electron chi connectivity index (χ3n) is 4.43. The smallest absolute Gasteiger partial charge is 0.294 e. The van der Waals surface area contributed by atoms with Crippen molar-refractivity contribution in [1.82, 2.24) is 4.90 Å². The van der Waals surface area contributed by atoms with Crippen molar-refractivity contribution in [2.24, 2.45) is 0 Å². The molecule has 1 heterocycles. The van der Waals surface area contributed by atoms with E-state index in [0.717, 1.165) is 22.2 Å². The second-order valence-electron chi connectivity index (χ2n) is 6.92. The second-order valence-corrected chi connectivity index (χ2v) is 7.91. The average Bonchev–Trinajstić information content (AvgIpc) is 3.02. The number of imide groups is 1. The van der Waals surface area contributed by atoms with Gasteiger partial charge >= 0.3 is 0 Å². The first-order valence-corrected chi connectivity index (χ1v) is 10.9. The van der Waals surface area contributed by atoms with Crippen molar-refractivity contribution < 1.29 is 23.9 Å². The van der Waals surface area contributed by atoms with Crippen LogP contribution in [0.15, 0.2) is 60.0 Å². The summed E-state index contributed by atoms with van der Waals surface area (Å²) in [5, 5.41) is 2.21. The zero-order chi connectivity index (χ0) is 23.1. The summed E-state index contributed by atoms with van der Waals surface area (Å²) < 4.78 is 11.2. The number of benzene rings is 2. The lowest BCUT2D eigenvalue weighted by Gasteiger charge is -2.13. The van der Waals surface area contributed by atoms with Crippen molar-refractivity contribution in [1.29, 1.82) is 0 Å². The zero-order valence-electron chi connectivity index (χ0n) is 17.9. The maximum atomic E-state index is 12.7. The summed E-state index contributed by atoms with van der Waals surface area (Å²) in [5.41, 5.74) is 2.34. The van der Waals surface area contributed by atoms with Gasteiger partial charge in [-0.15, -0.1) is 0 Å². The number of anilines is 1. The van der Waals surface area contributed by atoms with E-state index >= 15 is 0 Å². The maximum Gasteiger partial charge on any atom is 0.294 e. The summed E-state index contributed by atoms with van der Waals surface area (Å²) in [4.78, 5) is 38.6. The first-order valence-electron chi connectivity index (χ1n) is 10.0. The van der Waals surface area contributed by atoms with Gasteiger partial charge in [0.25, 0.3) is 11.1 Å². The maximum absolute atomic E-state index is 12.7. The van der Waals surface area contributed by atoms with Gasteiger partial charge in [-0.1, -0.05) is 36.4 Å². The summed E-state index contributed by atoms with van der Waals surface area (Å²) in [6.07, 6.45) is 3.23. The Kier molecular flexibility index (Phi) is 7.72. The third kappa shape index (κ3) is 5.79. The predicted molar refractivity (Wildman–Crippen MR) is 126 cm³/mol. The van der Waals surface area contributed by atoms with Gasteiger partial charge in [0, 0.05) is 5.69 Å². The van der Waals surface area contributed by atoms with E-state index in [1.165, 1.54) is 0 Å². The van der Waals surface area contributed by atoms with E-state index in [9.17, 15) is 14.4 Å². The van der Waals surface area contributed by atoms with E-state index in [2.05, 4.69) is 11.9 Å². The summed E-state index contributed by atoms with van der Waals surface area (Å²) in [7, 11) is 0. The fourth-order valence-electron chi connectivity index (χ4n) is 2.92. The molecule has 1 saturated heterocycles. The van der Waals surface area contributed by atoms with Crippen molar-refractivity contribution in [2.45, 2.75) is 13.8 Å². The summed E-state index contributed by atoms with van der Waals surface area (Å²) in [5.74, 6) is 0.133. The number of rotatable bonds is 9. The molecule has 1 aliphatic heterocycles. The number of amides is 3. The minimum Gasteiger partial charge on any atom is -0.490 e. The number of nitrogens with zero attached hydrogens (tertiary/aromatic N) is 1. The molecule has 1 aliphatic rings. The summed E-state index contributed by atoms with van der Waals surface area (Å²) in [6.45, 7) is 7.85. The Morgan fingerprint density at radius 1 is 1.12 bits per heavy atom. The van der Waals surface area contributed by atoms with Crippen LogP contribution in [0, 0.1) is 6.92 Å². The van der Waals surface area contributed by atoms with Gasteiger partial charge in [0.2, 0.25) is 5.91 Å². The molecule has 0 unspecified atom stereocenters. The zero-order valence-corrected chi connectivity index (χ0v) is 18.7. The molecule has 2 aromatic rings. The molecule has 166 valence electrons. The highest BCUT2D eigenvalue weighted by Gasteiger charge is 2.36. The van der Waals surface area contributed by atoms with Crippen molar-refractivity contribution in [3.63, 3.8) is 0 Å². The van der Waals surface area contributed by atoms with Gasteiger partial charge in [-0.3, -0.25) is 19.3 Å². The highest BCUT2D eigenvalue weighted by atomic mass is 32.2. The normalized spacial score (nSPS) is 14.6. The second kappa shape index (κ2) is 10.7. The molecule has 0 bridgehead atoms. The Morgan fingerprint density at radius 2 is 1.88 bits per heavy atom. The number of carbonyl (C=O) groups excluding carboxylic acids is 3. The molecule has 1 N–H and O–H groups in total. The molecule has 0 saturated carbocycles. The van der Waals surface area contributed by atoms with Crippen molar-refractivity contribution in [2.75, 3.05) is 25.1 Å². The topological polar surface area (TPSA) is 84.9 Å². The first-order chi connectivity index (χ1) is 15.4. The molecule has 2 aromatic carbocycles. The predicted octanol–water partition coefficient (Wildman–Crippen LogP) is 4.63. The highest BCUT2D eigenvalue weighted by Crippen LogP contribution is 2.34. The van der Waals surface area contributed by atoms with E-state index in [1.807, 2.05) is 26.0 Å². The number of hydrogen-bond acceptors (Lipinski definition) is 6. The molecule has 0 radical (unpaired) electrons. The van der Waals surface area contributed by atoms with Gasteiger partial charge in [0.1, 0.15) is 13.2 Å². The monoisotopic (exact) mass is 452 g/mol. The summed E-state index contributed by atoms with van der Waals surface area (Å²) >= 11 is 0.797. The Morgan fingerprint density at radius 3 is 2.56 bits per heavy atom. The third-order valence-corrected chi connectivity index (χ3v) is 5.34. The molecular formula is C24H24N2O5S. The SMILES string of the molecule is C=CCOc1ccc(/C=C2/SC(=O)N(CC(=O)Nc3ccc(C)cc3)C2=O)cc1OCC. The van der Waals surface area contributed by atoms with Gasteiger partial charge < -0.3 is 14.8 Å². The number of nitrogens with one attached hydrogen (secondary N) is 1. The van der Waals surface area contributed by atoms with E-state index in [0.29, 0.717) is 36.0 Å². The van der Waals surface area contributed by atoms with Crippen LogP contribution >= 0.6 is 11.8 Å². The van der Waals surface area contributed by atoms with Gasteiger partial charge in [-0.2, -0.15) is 0 Å². The van der Waals surface area contributed by atoms with Crippen LogP contribution in [0.5, 0.6) is 11.5 Å². The van der Waals surface area contributed by atoms with E-state index in [1.54, 1.807) is 42.5 Å². The lowest BCUT2D eigenvalue weighted by atomic mass is 10.2. The van der Waals surface area contributed by atoms with Crippen LogP contribution in [-0.4, -0.2) is 41.7 Å².